The number of halogens is 1. The van der Waals surface area contributed by atoms with Gasteiger partial charge in [0.1, 0.15) is 17.9 Å². The number of nitrogens with one attached hydrogen (secondary N) is 2. The molecule has 8 nitrogen and oxygen atoms in total. The monoisotopic (exact) mass is 641 g/mol. The van der Waals surface area contributed by atoms with Crippen molar-refractivity contribution in [1.29, 1.82) is 0 Å². The Balaban J connectivity index is 1.25. The Hall–Kier alpha value is -4.01. The lowest BCUT2D eigenvalue weighted by Gasteiger charge is -2.39. The van der Waals surface area contributed by atoms with E-state index < -0.39 is 6.04 Å². The van der Waals surface area contributed by atoms with Gasteiger partial charge in [0.2, 0.25) is 5.91 Å². The third-order valence-electron chi connectivity index (χ3n) is 9.35. The molecule has 0 saturated carbocycles. The van der Waals surface area contributed by atoms with E-state index in [0.717, 1.165) is 64.8 Å². The Labute approximate surface area is 276 Å². The lowest BCUT2D eigenvalue weighted by Crippen LogP contribution is -2.57. The zero-order valence-corrected chi connectivity index (χ0v) is 27.9. The van der Waals surface area contributed by atoms with Gasteiger partial charge in [-0.05, 0) is 86.4 Å². The number of likely N-dealkylation sites (tertiary alicyclic amines) is 1. The lowest BCUT2D eigenvalue weighted by molar-refractivity contribution is -0.121. The number of hydrogen-bond acceptors (Lipinski definition) is 4. The van der Waals surface area contributed by atoms with Crippen molar-refractivity contribution in [3.8, 4) is 5.75 Å². The zero-order chi connectivity index (χ0) is 32.4. The first-order valence-electron chi connectivity index (χ1n) is 16.3. The number of aromatic amines is 1. The van der Waals surface area contributed by atoms with Crippen LogP contribution in [0, 0.1) is 12.8 Å². The largest absolute Gasteiger partial charge is 0.490 e. The van der Waals surface area contributed by atoms with E-state index in [1.54, 1.807) is 0 Å². The van der Waals surface area contributed by atoms with Gasteiger partial charge in [0, 0.05) is 72.7 Å². The highest BCUT2D eigenvalue weighted by Gasteiger charge is 2.38. The van der Waals surface area contributed by atoms with Crippen LogP contribution in [0.1, 0.15) is 42.4 Å². The van der Waals surface area contributed by atoms with Gasteiger partial charge in [-0.3, -0.25) is 4.79 Å². The summed E-state index contributed by atoms with van der Waals surface area (Å²) in [5.74, 6) is 0.685. The average molecular weight is 642 g/mol. The maximum atomic E-state index is 14.8. The number of carbonyl (C=O) groups excluding carboxylic acids is 2. The molecule has 2 aliphatic heterocycles. The molecule has 0 aliphatic carbocycles. The first-order chi connectivity index (χ1) is 22.2. The summed E-state index contributed by atoms with van der Waals surface area (Å²) >= 11 is 6.42. The fourth-order valence-corrected chi connectivity index (χ4v) is 7.26. The van der Waals surface area contributed by atoms with Crippen LogP contribution in [0.2, 0.25) is 5.02 Å². The highest BCUT2D eigenvalue weighted by Crippen LogP contribution is 2.35. The number of nitrogens with zero attached hydrogens (tertiary/aromatic N) is 3. The summed E-state index contributed by atoms with van der Waals surface area (Å²) in [6.07, 6.45) is 4.30. The molecule has 0 spiro atoms. The number of ether oxygens (including phenoxy) is 1. The quantitative estimate of drug-likeness (QED) is 0.227. The molecule has 1 saturated heterocycles. The summed E-state index contributed by atoms with van der Waals surface area (Å²) < 4.78 is 6.23. The smallest absolute Gasteiger partial charge is 0.318 e. The number of aromatic nitrogens is 1. The third kappa shape index (κ3) is 7.03. The number of fused-ring (bicyclic) bond motifs is 2. The van der Waals surface area contributed by atoms with Crippen molar-refractivity contribution in [1.82, 2.24) is 20.1 Å². The average Bonchev–Trinajstić information content (AvgIpc) is 3.47. The molecule has 3 heterocycles. The van der Waals surface area contributed by atoms with Gasteiger partial charge >= 0.3 is 6.03 Å². The minimum absolute atomic E-state index is 0.0405. The van der Waals surface area contributed by atoms with Crippen LogP contribution in [0.25, 0.3) is 10.9 Å². The lowest BCUT2D eigenvalue weighted by atomic mass is 9.88. The molecule has 0 radical (unpaired) electrons. The van der Waals surface area contributed by atoms with E-state index in [2.05, 4.69) is 48.4 Å². The van der Waals surface area contributed by atoms with Gasteiger partial charge < -0.3 is 29.7 Å². The number of piperidine rings is 1. The van der Waals surface area contributed by atoms with E-state index in [9.17, 15) is 9.59 Å². The number of amides is 3. The molecule has 2 N–H and O–H groups in total. The molecule has 4 aromatic rings. The minimum atomic E-state index is -0.783. The summed E-state index contributed by atoms with van der Waals surface area (Å²) in [7, 11) is 4.10. The second-order valence-electron chi connectivity index (χ2n) is 13.2. The summed E-state index contributed by atoms with van der Waals surface area (Å²) in [5, 5.41) is 4.92. The number of benzene rings is 3. The van der Waals surface area contributed by atoms with Crippen molar-refractivity contribution in [3.05, 3.63) is 94.6 Å². The number of aryl methyl sites for hydroxylation is 1. The molecule has 0 bridgehead atoms. The van der Waals surface area contributed by atoms with Crippen LogP contribution in [0.3, 0.4) is 0 Å². The normalized spacial score (nSPS) is 18.3. The number of para-hydroxylation sites is 1. The van der Waals surface area contributed by atoms with Crippen molar-refractivity contribution in [2.24, 2.45) is 5.92 Å². The predicted molar refractivity (Wildman–Crippen MR) is 185 cm³/mol. The van der Waals surface area contributed by atoms with E-state index in [0.29, 0.717) is 24.7 Å². The standard InChI is InChI=1S/C37H44ClN5O3/c1-24-8-7-9-30(18-24)46-29-14-16-42(17-15-29)37(45)40-35(25(2)32-21-39-33-11-6-5-10-31(32)33)36(44)43-23-26(22-41(3)4)19-27-20-28(38)12-13-34(27)43/h5-13,18,20-21,25-26,29,35,39H,14-17,19,22-23H2,1-4H3,(H,40,45)/t25-,26-,35-/m1/s1. The topological polar surface area (TPSA) is 80.9 Å². The van der Waals surface area contributed by atoms with Crippen LogP contribution in [0.4, 0.5) is 10.5 Å². The fraction of sp³-hybridized carbons (Fsp3) is 0.405. The molecule has 242 valence electrons. The maximum absolute atomic E-state index is 14.8. The first kappa shape index (κ1) is 32.0. The molecule has 46 heavy (non-hydrogen) atoms. The van der Waals surface area contributed by atoms with E-state index in [1.165, 1.54) is 0 Å². The second kappa shape index (κ2) is 13.8. The van der Waals surface area contributed by atoms with Crippen molar-refractivity contribution >= 4 is 40.1 Å². The number of H-pyrrole nitrogens is 1. The van der Waals surface area contributed by atoms with Gasteiger partial charge in [0.25, 0.3) is 0 Å². The SMILES string of the molecule is Cc1cccc(OC2CCN(C(=O)N[C@@H](C(=O)N3C[C@@H](CN(C)C)Cc4cc(Cl)ccc43)[C@H](C)c3c[nH]c4ccccc34)CC2)c1. The third-order valence-corrected chi connectivity index (χ3v) is 9.58. The molecule has 3 aromatic carbocycles. The minimum Gasteiger partial charge on any atom is -0.490 e. The van der Waals surface area contributed by atoms with Crippen LogP contribution in [0.5, 0.6) is 5.75 Å². The summed E-state index contributed by atoms with van der Waals surface area (Å²) in [6, 6.07) is 20.9. The van der Waals surface area contributed by atoms with E-state index in [4.69, 9.17) is 16.3 Å². The fourth-order valence-electron chi connectivity index (χ4n) is 7.06. The Morgan fingerprint density at radius 2 is 1.85 bits per heavy atom. The molecule has 0 unspecified atom stereocenters. The molecule has 1 fully saturated rings. The van der Waals surface area contributed by atoms with Crippen molar-refractivity contribution in [2.45, 2.75) is 51.2 Å². The number of rotatable bonds is 8. The Morgan fingerprint density at radius 1 is 1.07 bits per heavy atom. The maximum Gasteiger partial charge on any atom is 0.318 e. The molecule has 3 atom stereocenters. The number of anilines is 1. The molecule has 3 amide bonds. The number of urea groups is 1. The van der Waals surface area contributed by atoms with Crippen molar-refractivity contribution < 1.29 is 14.3 Å². The second-order valence-corrected chi connectivity index (χ2v) is 13.6. The van der Waals surface area contributed by atoms with E-state index >= 15 is 0 Å². The van der Waals surface area contributed by atoms with Gasteiger partial charge in [-0.25, -0.2) is 4.79 Å². The van der Waals surface area contributed by atoms with Crippen LogP contribution < -0.4 is 15.0 Å². The summed E-state index contributed by atoms with van der Waals surface area (Å²) in [4.78, 5) is 37.9. The first-order valence-corrected chi connectivity index (χ1v) is 16.6. The molecule has 2 aliphatic rings. The molecular weight excluding hydrogens is 598 g/mol. The van der Waals surface area contributed by atoms with Crippen molar-refractivity contribution in [3.63, 3.8) is 0 Å². The highest BCUT2D eigenvalue weighted by atomic mass is 35.5. The Kier molecular flexibility index (Phi) is 9.57. The van der Waals surface area contributed by atoms with Gasteiger partial charge in [0.05, 0.1) is 0 Å². The number of hydrogen-bond donors (Lipinski definition) is 2. The summed E-state index contributed by atoms with van der Waals surface area (Å²) in [5.41, 5.74) is 5.07. The van der Waals surface area contributed by atoms with Gasteiger partial charge in [-0.15, -0.1) is 0 Å². The number of carbonyl (C=O) groups is 2. The van der Waals surface area contributed by atoms with Gasteiger partial charge in [-0.2, -0.15) is 0 Å². The van der Waals surface area contributed by atoms with Crippen molar-refractivity contribution in [2.75, 3.05) is 45.2 Å². The highest BCUT2D eigenvalue weighted by molar-refractivity contribution is 6.30. The Bertz CT molecular complexity index is 1700. The zero-order valence-electron chi connectivity index (χ0n) is 27.1. The van der Waals surface area contributed by atoms with Crippen LogP contribution in [-0.2, 0) is 11.2 Å². The summed E-state index contributed by atoms with van der Waals surface area (Å²) in [6.45, 7) is 6.60. The van der Waals surface area contributed by atoms with E-state index in [1.807, 2.05) is 77.5 Å². The van der Waals surface area contributed by atoms with Gasteiger partial charge in [-0.1, -0.05) is 48.9 Å². The molecule has 6 rings (SSSR count). The van der Waals surface area contributed by atoms with E-state index in [-0.39, 0.29) is 29.9 Å². The van der Waals surface area contributed by atoms with Gasteiger partial charge in [0.15, 0.2) is 0 Å². The predicted octanol–water partition coefficient (Wildman–Crippen LogP) is 6.62. The Morgan fingerprint density at radius 3 is 2.61 bits per heavy atom. The molecule has 1 aromatic heterocycles. The molecular formula is C37H44ClN5O3. The van der Waals surface area contributed by atoms with Crippen LogP contribution in [0.15, 0.2) is 72.9 Å². The molecule has 9 heteroatoms. The van der Waals surface area contributed by atoms with Crippen LogP contribution in [-0.4, -0.2) is 79.1 Å². The van der Waals surface area contributed by atoms with Crippen LogP contribution >= 0.6 is 11.6 Å².